The van der Waals surface area contributed by atoms with Gasteiger partial charge >= 0.3 is 0 Å². The van der Waals surface area contributed by atoms with Crippen molar-refractivity contribution in [3.63, 3.8) is 0 Å². The third-order valence-corrected chi connectivity index (χ3v) is 3.52. The monoisotopic (exact) mass is 328 g/mol. The van der Waals surface area contributed by atoms with Gasteiger partial charge in [-0.25, -0.2) is 0 Å². The molecule has 0 aliphatic rings. The van der Waals surface area contributed by atoms with Crippen LogP contribution in [0.4, 0.5) is 11.4 Å². The number of carbonyl (C=O) groups excluding carboxylic acids is 1. The Bertz CT molecular complexity index is 669. The smallest absolute Gasteiger partial charge is 0.243 e. The lowest BCUT2D eigenvalue weighted by molar-refractivity contribution is -0.114. The van der Waals surface area contributed by atoms with Crippen molar-refractivity contribution in [1.82, 2.24) is 0 Å². The summed E-state index contributed by atoms with van der Waals surface area (Å²) in [5.41, 5.74) is 3.94. The van der Waals surface area contributed by atoms with Crippen molar-refractivity contribution in [2.45, 2.75) is 13.8 Å². The second-order valence-electron chi connectivity index (χ2n) is 5.59. The third kappa shape index (κ3) is 5.59. The van der Waals surface area contributed by atoms with Crippen LogP contribution in [-0.2, 0) is 9.53 Å². The van der Waals surface area contributed by atoms with E-state index < -0.39 is 0 Å². The number of anilines is 2. The molecular formula is C19H24N2O3. The molecule has 2 rings (SSSR count). The Morgan fingerprint density at radius 2 is 1.79 bits per heavy atom. The van der Waals surface area contributed by atoms with Crippen molar-refractivity contribution >= 4 is 17.3 Å². The summed E-state index contributed by atoms with van der Waals surface area (Å²) in [6.45, 7) is 5.29. The lowest BCUT2D eigenvalue weighted by Crippen LogP contribution is -2.22. The molecule has 0 aliphatic heterocycles. The van der Waals surface area contributed by atoms with E-state index in [-0.39, 0.29) is 12.5 Å². The Labute approximate surface area is 143 Å². The first-order chi connectivity index (χ1) is 11.6. The Hall–Kier alpha value is -2.53. The van der Waals surface area contributed by atoms with Gasteiger partial charge in [-0.2, -0.15) is 0 Å². The molecule has 0 bridgehead atoms. The SMILES string of the molecule is COCCOc1ccc(NCC(=O)Nc2ccc(C)cc2C)cc1. The fourth-order valence-corrected chi connectivity index (χ4v) is 2.24. The molecule has 0 atom stereocenters. The molecule has 2 aromatic rings. The molecule has 2 aromatic carbocycles. The number of benzene rings is 2. The highest BCUT2D eigenvalue weighted by molar-refractivity contribution is 5.94. The van der Waals surface area contributed by atoms with E-state index in [1.807, 2.05) is 56.3 Å². The molecule has 0 fully saturated rings. The van der Waals surface area contributed by atoms with Gasteiger partial charge in [0.2, 0.25) is 5.91 Å². The molecule has 5 nitrogen and oxygen atoms in total. The van der Waals surface area contributed by atoms with Crippen LogP contribution in [-0.4, -0.2) is 32.8 Å². The number of ether oxygens (including phenoxy) is 2. The van der Waals surface area contributed by atoms with Gasteiger partial charge in [-0.1, -0.05) is 17.7 Å². The van der Waals surface area contributed by atoms with E-state index in [9.17, 15) is 4.79 Å². The van der Waals surface area contributed by atoms with Crippen LogP contribution in [0.5, 0.6) is 5.75 Å². The minimum Gasteiger partial charge on any atom is -0.491 e. The van der Waals surface area contributed by atoms with Gasteiger partial charge in [0.05, 0.1) is 13.2 Å². The molecular weight excluding hydrogens is 304 g/mol. The lowest BCUT2D eigenvalue weighted by atomic mass is 10.1. The number of nitrogens with one attached hydrogen (secondary N) is 2. The molecule has 2 N–H and O–H groups in total. The van der Waals surface area contributed by atoms with Crippen molar-refractivity contribution < 1.29 is 14.3 Å². The van der Waals surface area contributed by atoms with E-state index >= 15 is 0 Å². The zero-order valence-corrected chi connectivity index (χ0v) is 14.4. The highest BCUT2D eigenvalue weighted by Crippen LogP contribution is 2.17. The molecule has 0 aromatic heterocycles. The molecule has 1 amide bonds. The van der Waals surface area contributed by atoms with Gasteiger partial charge < -0.3 is 20.1 Å². The van der Waals surface area contributed by atoms with Gasteiger partial charge in [0, 0.05) is 18.5 Å². The molecule has 0 saturated heterocycles. The minimum absolute atomic E-state index is 0.0811. The molecule has 128 valence electrons. The fourth-order valence-electron chi connectivity index (χ4n) is 2.24. The van der Waals surface area contributed by atoms with Crippen LogP contribution in [0.3, 0.4) is 0 Å². The summed E-state index contributed by atoms with van der Waals surface area (Å²) in [5, 5.41) is 6.01. The number of rotatable bonds is 8. The average molecular weight is 328 g/mol. The van der Waals surface area contributed by atoms with E-state index in [2.05, 4.69) is 10.6 Å². The molecule has 0 aliphatic carbocycles. The maximum atomic E-state index is 12.1. The molecule has 0 unspecified atom stereocenters. The summed E-state index contributed by atoms with van der Waals surface area (Å²) in [6.07, 6.45) is 0. The van der Waals surface area contributed by atoms with Crippen LogP contribution >= 0.6 is 0 Å². The Balaban J connectivity index is 1.81. The second kappa shape index (κ2) is 8.93. The van der Waals surface area contributed by atoms with Crippen molar-refractivity contribution in [3.8, 4) is 5.75 Å². The number of amides is 1. The van der Waals surface area contributed by atoms with Crippen LogP contribution in [0.25, 0.3) is 0 Å². The van der Waals surface area contributed by atoms with Gasteiger partial charge in [0.15, 0.2) is 0 Å². The first-order valence-electron chi connectivity index (χ1n) is 7.91. The Kier molecular flexibility index (Phi) is 6.63. The summed E-state index contributed by atoms with van der Waals surface area (Å²) in [4.78, 5) is 12.1. The number of hydrogen-bond acceptors (Lipinski definition) is 4. The van der Waals surface area contributed by atoms with E-state index in [1.165, 1.54) is 5.56 Å². The summed E-state index contributed by atoms with van der Waals surface area (Å²) in [7, 11) is 1.64. The third-order valence-electron chi connectivity index (χ3n) is 3.52. The number of carbonyl (C=O) groups is 1. The Morgan fingerprint density at radius 3 is 2.46 bits per heavy atom. The van der Waals surface area contributed by atoms with E-state index in [4.69, 9.17) is 9.47 Å². The molecule has 0 saturated carbocycles. The van der Waals surface area contributed by atoms with E-state index in [0.29, 0.717) is 13.2 Å². The second-order valence-corrected chi connectivity index (χ2v) is 5.59. The molecule has 0 heterocycles. The van der Waals surface area contributed by atoms with Crippen molar-refractivity contribution in [1.29, 1.82) is 0 Å². The summed E-state index contributed by atoms with van der Waals surface area (Å²) >= 11 is 0. The van der Waals surface area contributed by atoms with Crippen LogP contribution in [0.15, 0.2) is 42.5 Å². The van der Waals surface area contributed by atoms with Gasteiger partial charge in [-0.15, -0.1) is 0 Å². The largest absolute Gasteiger partial charge is 0.491 e. The number of aryl methyl sites for hydroxylation is 2. The van der Waals surface area contributed by atoms with Crippen LogP contribution < -0.4 is 15.4 Å². The molecule has 24 heavy (non-hydrogen) atoms. The van der Waals surface area contributed by atoms with Gasteiger partial charge in [-0.05, 0) is 49.7 Å². The highest BCUT2D eigenvalue weighted by atomic mass is 16.5. The fraction of sp³-hybridized carbons (Fsp3) is 0.316. The van der Waals surface area contributed by atoms with Gasteiger partial charge in [0.25, 0.3) is 0 Å². The van der Waals surface area contributed by atoms with Gasteiger partial charge in [-0.3, -0.25) is 4.79 Å². The van der Waals surface area contributed by atoms with Crippen LogP contribution in [0.2, 0.25) is 0 Å². The van der Waals surface area contributed by atoms with Gasteiger partial charge in [0.1, 0.15) is 12.4 Å². The molecule has 0 radical (unpaired) electrons. The highest BCUT2D eigenvalue weighted by Gasteiger charge is 2.05. The first kappa shape index (κ1) is 17.8. The van der Waals surface area contributed by atoms with Crippen molar-refractivity contribution in [3.05, 3.63) is 53.6 Å². The normalized spacial score (nSPS) is 10.3. The molecule has 5 heteroatoms. The zero-order valence-electron chi connectivity index (χ0n) is 14.4. The predicted octanol–water partition coefficient (Wildman–Crippen LogP) is 3.38. The van der Waals surface area contributed by atoms with Crippen molar-refractivity contribution in [2.24, 2.45) is 0 Å². The zero-order chi connectivity index (χ0) is 17.4. The minimum atomic E-state index is -0.0811. The standard InChI is InChI=1S/C19H24N2O3/c1-14-4-9-18(15(2)12-14)21-19(22)13-20-16-5-7-17(8-6-16)24-11-10-23-3/h4-9,12,20H,10-11,13H2,1-3H3,(H,21,22). The summed E-state index contributed by atoms with van der Waals surface area (Å²) in [6, 6.07) is 13.4. The number of hydrogen-bond donors (Lipinski definition) is 2. The summed E-state index contributed by atoms with van der Waals surface area (Å²) in [5.74, 6) is 0.694. The van der Waals surface area contributed by atoms with Crippen molar-refractivity contribution in [2.75, 3.05) is 37.5 Å². The topological polar surface area (TPSA) is 59.6 Å². The predicted molar refractivity (Wildman–Crippen MR) is 96.8 cm³/mol. The van der Waals surface area contributed by atoms with E-state index in [1.54, 1.807) is 7.11 Å². The van der Waals surface area contributed by atoms with Crippen LogP contribution in [0, 0.1) is 13.8 Å². The maximum absolute atomic E-state index is 12.1. The van der Waals surface area contributed by atoms with Crippen LogP contribution in [0.1, 0.15) is 11.1 Å². The number of methoxy groups -OCH3 is 1. The quantitative estimate of drug-likeness (QED) is 0.729. The summed E-state index contributed by atoms with van der Waals surface area (Å²) < 4.78 is 10.4. The Morgan fingerprint density at radius 1 is 1.04 bits per heavy atom. The van der Waals surface area contributed by atoms with E-state index in [0.717, 1.165) is 22.7 Å². The molecule has 0 spiro atoms. The first-order valence-corrected chi connectivity index (χ1v) is 7.91. The average Bonchev–Trinajstić information content (AvgIpc) is 2.57. The maximum Gasteiger partial charge on any atom is 0.243 e. The lowest BCUT2D eigenvalue weighted by Gasteiger charge is -2.11.